The van der Waals surface area contributed by atoms with Crippen molar-refractivity contribution >= 4 is 16.6 Å². The molecule has 1 aromatic heterocycles. The van der Waals surface area contributed by atoms with Crippen LogP contribution in [-0.4, -0.2) is 11.5 Å². The highest BCUT2D eigenvalue weighted by Gasteiger charge is 2.05. The van der Waals surface area contributed by atoms with E-state index in [1.165, 1.54) is 34.2 Å². The normalized spacial score (nSPS) is 10.9. The van der Waals surface area contributed by atoms with Gasteiger partial charge < -0.3 is 10.3 Å². The van der Waals surface area contributed by atoms with Crippen LogP contribution >= 0.6 is 0 Å². The van der Waals surface area contributed by atoms with Gasteiger partial charge in [0.05, 0.1) is 0 Å². The molecule has 1 heterocycles. The van der Waals surface area contributed by atoms with E-state index in [0.717, 1.165) is 35.4 Å². The molecule has 0 spiro atoms. The van der Waals surface area contributed by atoms with Crippen molar-refractivity contribution in [3.8, 4) is 11.1 Å². The van der Waals surface area contributed by atoms with Gasteiger partial charge >= 0.3 is 0 Å². The zero-order valence-corrected chi connectivity index (χ0v) is 15.9. The van der Waals surface area contributed by atoms with Gasteiger partial charge in [0.1, 0.15) is 5.82 Å². The average molecular weight is 370 g/mol. The van der Waals surface area contributed by atoms with Gasteiger partial charge in [-0.25, -0.2) is 4.39 Å². The first kappa shape index (κ1) is 18.1. The van der Waals surface area contributed by atoms with Crippen LogP contribution in [0.1, 0.15) is 16.7 Å². The molecule has 2 nitrogen and oxygen atoms in total. The first-order chi connectivity index (χ1) is 13.6. The Hall–Kier alpha value is -3.33. The van der Waals surface area contributed by atoms with Crippen molar-refractivity contribution in [1.29, 1.82) is 0 Å². The number of hydrogen-bond donors (Lipinski definition) is 2. The molecule has 0 amide bonds. The van der Waals surface area contributed by atoms with Crippen molar-refractivity contribution in [1.82, 2.24) is 10.3 Å². The van der Waals surface area contributed by atoms with Gasteiger partial charge in [0.2, 0.25) is 0 Å². The van der Waals surface area contributed by atoms with Gasteiger partial charge in [-0.1, -0.05) is 54.6 Å². The highest BCUT2D eigenvalue weighted by molar-refractivity contribution is 5.83. The number of H-pyrrole nitrogens is 1. The summed E-state index contributed by atoms with van der Waals surface area (Å²) in [6.45, 7) is 7.10. The monoisotopic (exact) mass is 370 g/mol. The fourth-order valence-electron chi connectivity index (χ4n) is 3.46. The van der Waals surface area contributed by atoms with E-state index < -0.39 is 0 Å². The summed E-state index contributed by atoms with van der Waals surface area (Å²) in [5, 5.41) is 4.71. The molecule has 4 aromatic rings. The van der Waals surface area contributed by atoms with Gasteiger partial charge in [-0.15, -0.1) is 0 Å². The molecule has 2 N–H and O–H groups in total. The summed E-state index contributed by atoms with van der Waals surface area (Å²) < 4.78 is 13.1. The molecule has 0 aliphatic heterocycles. The van der Waals surface area contributed by atoms with Crippen molar-refractivity contribution in [3.63, 3.8) is 0 Å². The summed E-state index contributed by atoms with van der Waals surface area (Å²) in [7, 11) is 0. The van der Waals surface area contributed by atoms with Crippen molar-refractivity contribution in [2.24, 2.45) is 0 Å². The van der Waals surface area contributed by atoms with Gasteiger partial charge in [-0.2, -0.15) is 0 Å². The Labute approximate surface area is 164 Å². The lowest BCUT2D eigenvalue weighted by Crippen LogP contribution is -2.14. The predicted octanol–water partition coefficient (Wildman–Crippen LogP) is 6.09. The zero-order valence-electron chi connectivity index (χ0n) is 15.9. The second kappa shape index (κ2) is 7.73. The molecule has 28 heavy (non-hydrogen) atoms. The number of aryl methyl sites for hydroxylation is 1. The molecule has 0 saturated heterocycles. The number of benzene rings is 3. The molecule has 3 heteroatoms. The third kappa shape index (κ3) is 3.84. The number of fused-ring (bicyclic) bond motifs is 1. The maximum Gasteiger partial charge on any atom is 0.123 e. The second-order valence-corrected chi connectivity index (χ2v) is 7.10. The summed E-state index contributed by atoms with van der Waals surface area (Å²) in [5.41, 5.74) is 7.78. The van der Waals surface area contributed by atoms with E-state index >= 15 is 0 Å². The standard InChI is InChI=1S/C25H23FN2/c1-17-3-12-25-24(15-17)22(16-28-25)13-14-27-18(2)19-4-6-20(7-5-19)21-8-10-23(26)11-9-21/h3-12,15-16,27-28H,2,13-14H2,1H3. The minimum absolute atomic E-state index is 0.219. The third-order valence-electron chi connectivity index (χ3n) is 5.07. The van der Waals surface area contributed by atoms with Crippen LogP contribution in [0.4, 0.5) is 4.39 Å². The van der Waals surface area contributed by atoms with Crippen molar-refractivity contribution in [2.45, 2.75) is 13.3 Å². The number of aromatic amines is 1. The van der Waals surface area contributed by atoms with E-state index in [1.54, 1.807) is 12.1 Å². The third-order valence-corrected chi connectivity index (χ3v) is 5.07. The van der Waals surface area contributed by atoms with E-state index in [2.05, 4.69) is 48.2 Å². The first-order valence-electron chi connectivity index (χ1n) is 9.46. The maximum atomic E-state index is 13.1. The topological polar surface area (TPSA) is 27.8 Å². The van der Waals surface area contributed by atoms with Crippen LogP contribution in [-0.2, 0) is 6.42 Å². The summed E-state index contributed by atoms with van der Waals surface area (Å²) in [4.78, 5) is 3.34. The Morgan fingerprint density at radius 2 is 1.64 bits per heavy atom. The summed E-state index contributed by atoms with van der Waals surface area (Å²) >= 11 is 0. The lowest BCUT2D eigenvalue weighted by atomic mass is 10.0. The summed E-state index contributed by atoms with van der Waals surface area (Å²) in [6.07, 6.45) is 3.02. The molecule has 4 rings (SSSR count). The van der Waals surface area contributed by atoms with E-state index in [0.29, 0.717) is 0 Å². The average Bonchev–Trinajstić information content (AvgIpc) is 3.11. The minimum atomic E-state index is -0.219. The fraction of sp³-hybridized carbons (Fsp3) is 0.120. The molecule has 0 radical (unpaired) electrons. The lowest BCUT2D eigenvalue weighted by Gasteiger charge is -2.11. The van der Waals surface area contributed by atoms with Crippen LogP contribution in [0.25, 0.3) is 27.7 Å². The van der Waals surface area contributed by atoms with Crippen molar-refractivity contribution in [2.75, 3.05) is 6.54 Å². The van der Waals surface area contributed by atoms with Crippen LogP contribution in [0, 0.1) is 12.7 Å². The minimum Gasteiger partial charge on any atom is -0.385 e. The van der Waals surface area contributed by atoms with Gasteiger partial charge in [-0.3, -0.25) is 0 Å². The van der Waals surface area contributed by atoms with Crippen LogP contribution in [0.2, 0.25) is 0 Å². The number of hydrogen-bond acceptors (Lipinski definition) is 1. The van der Waals surface area contributed by atoms with Gasteiger partial charge in [0, 0.05) is 29.3 Å². The highest BCUT2D eigenvalue weighted by Crippen LogP contribution is 2.22. The molecule has 0 bridgehead atoms. The highest BCUT2D eigenvalue weighted by atomic mass is 19.1. The second-order valence-electron chi connectivity index (χ2n) is 7.10. The molecule has 0 saturated carbocycles. The molecular weight excluding hydrogens is 347 g/mol. The first-order valence-corrected chi connectivity index (χ1v) is 9.46. The van der Waals surface area contributed by atoms with Crippen molar-refractivity contribution < 1.29 is 4.39 Å². The quantitative estimate of drug-likeness (QED) is 0.423. The van der Waals surface area contributed by atoms with Crippen LogP contribution < -0.4 is 5.32 Å². The van der Waals surface area contributed by atoms with E-state index in [9.17, 15) is 4.39 Å². The van der Waals surface area contributed by atoms with Gasteiger partial charge in [0.15, 0.2) is 0 Å². The van der Waals surface area contributed by atoms with Crippen LogP contribution in [0.5, 0.6) is 0 Å². The number of halogens is 1. The van der Waals surface area contributed by atoms with Crippen LogP contribution in [0.15, 0.2) is 79.5 Å². The number of aromatic nitrogens is 1. The molecule has 3 aromatic carbocycles. The number of nitrogens with one attached hydrogen (secondary N) is 2. The zero-order chi connectivity index (χ0) is 19.5. The molecule has 140 valence electrons. The Bertz CT molecular complexity index is 1110. The molecule has 0 fully saturated rings. The van der Waals surface area contributed by atoms with Crippen molar-refractivity contribution in [3.05, 3.63) is 102 Å². The maximum absolute atomic E-state index is 13.1. The molecular formula is C25H23FN2. The van der Waals surface area contributed by atoms with Gasteiger partial charge in [-0.05, 0) is 59.9 Å². The Balaban J connectivity index is 1.38. The fourth-order valence-corrected chi connectivity index (χ4v) is 3.46. The molecule has 0 aliphatic carbocycles. The molecule has 0 atom stereocenters. The Morgan fingerprint density at radius 3 is 2.36 bits per heavy atom. The molecule has 0 unspecified atom stereocenters. The summed E-state index contributed by atoms with van der Waals surface area (Å²) in [6, 6.07) is 21.2. The van der Waals surface area contributed by atoms with E-state index in [1.807, 2.05) is 24.3 Å². The van der Waals surface area contributed by atoms with Gasteiger partial charge in [0.25, 0.3) is 0 Å². The SMILES string of the molecule is C=C(NCCc1c[nH]c2ccc(C)cc12)c1ccc(-c2ccc(F)cc2)cc1. The number of rotatable bonds is 6. The Morgan fingerprint density at radius 1 is 0.964 bits per heavy atom. The van der Waals surface area contributed by atoms with E-state index in [4.69, 9.17) is 0 Å². The smallest absolute Gasteiger partial charge is 0.123 e. The summed E-state index contributed by atoms with van der Waals surface area (Å²) in [5.74, 6) is -0.219. The largest absolute Gasteiger partial charge is 0.385 e. The Kier molecular flexibility index (Phi) is 4.98. The lowest BCUT2D eigenvalue weighted by molar-refractivity contribution is 0.628. The van der Waals surface area contributed by atoms with Crippen LogP contribution in [0.3, 0.4) is 0 Å². The predicted molar refractivity (Wildman–Crippen MR) is 116 cm³/mol. The molecule has 0 aliphatic rings. The van der Waals surface area contributed by atoms with E-state index in [-0.39, 0.29) is 5.82 Å².